The topological polar surface area (TPSA) is 78.9 Å². The van der Waals surface area contributed by atoms with E-state index in [-0.39, 0.29) is 38.0 Å². The average molecular weight is 941 g/mol. The molecule has 384 valence electrons. The van der Waals surface area contributed by atoms with Crippen molar-refractivity contribution in [2.24, 2.45) is 0 Å². The molecule has 0 aromatic rings. The van der Waals surface area contributed by atoms with E-state index in [1.807, 2.05) is 24.3 Å². The van der Waals surface area contributed by atoms with E-state index in [2.05, 4.69) is 118 Å². The second-order valence-electron chi connectivity index (χ2n) is 17.8. The number of carbonyl (C=O) groups excluding carboxylic acids is 3. The first-order valence-corrected chi connectivity index (χ1v) is 27.5. The molecule has 0 fully saturated rings. The standard InChI is InChI=1S/C62H100O6/c1-4-7-10-13-16-19-22-25-27-29-31-33-35-37-40-43-46-49-52-55-61(64)67-58-59(57-66-60(63)54-51-48-45-42-39-24-21-18-15-12-9-6-3)68-62(65)56-53-50-47-44-41-38-36-34-32-30-28-26-23-20-17-14-11-8-5-2/h16-17,19-20,25-28,31-34,37-38,40-41,46-47,49-50,59H,4-15,18,21-24,29-30,35-36,39,42-45,48,51-58H2,1-3H3/b19-16-,20-17-,27-25-,28-26-,33-31-,34-32-,40-37-,41-38-,49-46-,50-47-/t59-/m0/s1. The molecular formula is C62H100O6. The van der Waals surface area contributed by atoms with Gasteiger partial charge in [0.2, 0.25) is 0 Å². The van der Waals surface area contributed by atoms with Gasteiger partial charge in [0.1, 0.15) is 13.2 Å². The van der Waals surface area contributed by atoms with Crippen LogP contribution >= 0.6 is 0 Å². The van der Waals surface area contributed by atoms with Gasteiger partial charge in [-0.2, -0.15) is 0 Å². The molecule has 0 aliphatic rings. The zero-order valence-corrected chi connectivity index (χ0v) is 43.8. The van der Waals surface area contributed by atoms with Crippen LogP contribution in [0, 0.1) is 0 Å². The summed E-state index contributed by atoms with van der Waals surface area (Å²) in [4.78, 5) is 38.0. The third-order valence-corrected chi connectivity index (χ3v) is 11.2. The second kappa shape index (κ2) is 55.4. The molecule has 0 aromatic heterocycles. The summed E-state index contributed by atoms with van der Waals surface area (Å²) >= 11 is 0. The van der Waals surface area contributed by atoms with Gasteiger partial charge in [-0.15, -0.1) is 0 Å². The average Bonchev–Trinajstić information content (AvgIpc) is 3.34. The predicted molar refractivity (Wildman–Crippen MR) is 293 cm³/mol. The Bertz CT molecular complexity index is 1450. The van der Waals surface area contributed by atoms with Gasteiger partial charge in [-0.05, 0) is 96.3 Å². The lowest BCUT2D eigenvalue weighted by atomic mass is 10.0. The van der Waals surface area contributed by atoms with Gasteiger partial charge in [0.05, 0.1) is 0 Å². The van der Waals surface area contributed by atoms with Crippen molar-refractivity contribution in [3.8, 4) is 0 Å². The van der Waals surface area contributed by atoms with E-state index < -0.39 is 12.1 Å². The third-order valence-electron chi connectivity index (χ3n) is 11.2. The summed E-state index contributed by atoms with van der Waals surface area (Å²) in [6, 6.07) is 0. The lowest BCUT2D eigenvalue weighted by Crippen LogP contribution is -2.30. The SMILES string of the molecule is CCCCC/C=C\C/C=C\C/C=C\C/C=C\C/C=C\CCC(=O)OC[C@H](COC(=O)CCCCCCCCCCCCCC)OC(=O)CC/C=C\C/C=C\C/C=C\C/C=C\C/C=C\CCCCC. The van der Waals surface area contributed by atoms with Crippen molar-refractivity contribution in [3.05, 3.63) is 122 Å². The van der Waals surface area contributed by atoms with Gasteiger partial charge >= 0.3 is 17.9 Å². The van der Waals surface area contributed by atoms with Gasteiger partial charge < -0.3 is 14.2 Å². The number of hydrogen-bond acceptors (Lipinski definition) is 6. The minimum Gasteiger partial charge on any atom is -0.462 e. The van der Waals surface area contributed by atoms with E-state index in [0.717, 1.165) is 70.6 Å². The fourth-order valence-electron chi connectivity index (χ4n) is 7.05. The van der Waals surface area contributed by atoms with Gasteiger partial charge in [-0.25, -0.2) is 0 Å². The quantitative estimate of drug-likeness (QED) is 0.0262. The number of hydrogen-bond donors (Lipinski definition) is 0. The van der Waals surface area contributed by atoms with E-state index in [1.165, 1.54) is 109 Å². The van der Waals surface area contributed by atoms with E-state index in [4.69, 9.17) is 14.2 Å². The summed E-state index contributed by atoms with van der Waals surface area (Å²) in [6.45, 7) is 6.44. The number of ether oxygens (including phenoxy) is 3. The van der Waals surface area contributed by atoms with Crippen LogP contribution in [0.2, 0.25) is 0 Å². The number of rotatable bonds is 48. The Hall–Kier alpha value is -4.19. The smallest absolute Gasteiger partial charge is 0.306 e. The van der Waals surface area contributed by atoms with E-state index in [1.54, 1.807) is 0 Å². The number of unbranched alkanes of at least 4 members (excludes halogenated alkanes) is 17. The molecule has 0 unspecified atom stereocenters. The summed E-state index contributed by atoms with van der Waals surface area (Å²) in [5, 5.41) is 0. The first-order valence-electron chi connectivity index (χ1n) is 27.5. The Balaban J connectivity index is 4.61. The largest absolute Gasteiger partial charge is 0.462 e. The Kier molecular flexibility index (Phi) is 52.0. The molecule has 0 heterocycles. The van der Waals surface area contributed by atoms with Crippen LogP contribution in [0.25, 0.3) is 0 Å². The fourth-order valence-corrected chi connectivity index (χ4v) is 7.05. The van der Waals surface area contributed by atoms with Gasteiger partial charge in [-0.3, -0.25) is 14.4 Å². The Morgan fingerprint density at radius 2 is 0.559 bits per heavy atom. The van der Waals surface area contributed by atoms with Crippen LogP contribution in [0.5, 0.6) is 0 Å². The van der Waals surface area contributed by atoms with Crippen molar-refractivity contribution in [2.45, 2.75) is 239 Å². The van der Waals surface area contributed by atoms with Crippen molar-refractivity contribution in [2.75, 3.05) is 13.2 Å². The van der Waals surface area contributed by atoms with Gasteiger partial charge in [0, 0.05) is 19.3 Å². The molecule has 6 heteroatoms. The molecule has 0 N–H and O–H groups in total. The van der Waals surface area contributed by atoms with E-state index in [0.29, 0.717) is 19.3 Å². The van der Waals surface area contributed by atoms with Crippen LogP contribution in [-0.2, 0) is 28.6 Å². The first-order chi connectivity index (χ1) is 33.5. The molecule has 0 spiro atoms. The normalized spacial score (nSPS) is 13.0. The molecule has 0 saturated heterocycles. The van der Waals surface area contributed by atoms with Gasteiger partial charge in [0.15, 0.2) is 6.10 Å². The molecule has 0 aliphatic heterocycles. The molecule has 0 rings (SSSR count). The number of carbonyl (C=O) groups is 3. The van der Waals surface area contributed by atoms with Crippen molar-refractivity contribution >= 4 is 17.9 Å². The molecular weight excluding hydrogens is 841 g/mol. The monoisotopic (exact) mass is 941 g/mol. The molecule has 6 nitrogen and oxygen atoms in total. The van der Waals surface area contributed by atoms with Crippen LogP contribution in [-0.4, -0.2) is 37.2 Å². The lowest BCUT2D eigenvalue weighted by Gasteiger charge is -2.18. The molecule has 0 aliphatic carbocycles. The zero-order valence-electron chi connectivity index (χ0n) is 43.8. The minimum atomic E-state index is -0.849. The molecule has 1 atom stereocenters. The van der Waals surface area contributed by atoms with E-state index >= 15 is 0 Å². The van der Waals surface area contributed by atoms with Crippen molar-refractivity contribution < 1.29 is 28.6 Å². The highest BCUT2D eigenvalue weighted by Crippen LogP contribution is 2.13. The minimum absolute atomic E-state index is 0.132. The van der Waals surface area contributed by atoms with Crippen LogP contribution in [0.4, 0.5) is 0 Å². The summed E-state index contributed by atoms with van der Waals surface area (Å²) in [5.74, 6) is -1.11. The molecule has 0 aromatic carbocycles. The van der Waals surface area contributed by atoms with Crippen LogP contribution in [0.1, 0.15) is 233 Å². The van der Waals surface area contributed by atoms with Crippen molar-refractivity contribution in [3.63, 3.8) is 0 Å². The highest BCUT2D eigenvalue weighted by atomic mass is 16.6. The zero-order chi connectivity index (χ0) is 49.3. The summed E-state index contributed by atoms with van der Waals surface area (Å²) in [6.07, 6.45) is 76.3. The van der Waals surface area contributed by atoms with Crippen molar-refractivity contribution in [1.82, 2.24) is 0 Å². The van der Waals surface area contributed by atoms with Gasteiger partial charge in [-0.1, -0.05) is 239 Å². The van der Waals surface area contributed by atoms with Crippen molar-refractivity contribution in [1.29, 1.82) is 0 Å². The lowest BCUT2D eigenvalue weighted by molar-refractivity contribution is -0.166. The highest BCUT2D eigenvalue weighted by molar-refractivity contribution is 5.71. The molecule has 0 amide bonds. The maximum Gasteiger partial charge on any atom is 0.306 e. The number of allylic oxidation sites excluding steroid dienone is 20. The van der Waals surface area contributed by atoms with Crippen LogP contribution < -0.4 is 0 Å². The molecule has 0 radical (unpaired) electrons. The predicted octanol–water partition coefficient (Wildman–Crippen LogP) is 18.5. The maximum atomic E-state index is 12.8. The van der Waals surface area contributed by atoms with Crippen LogP contribution in [0.3, 0.4) is 0 Å². The Morgan fingerprint density at radius 3 is 0.912 bits per heavy atom. The highest BCUT2D eigenvalue weighted by Gasteiger charge is 2.19. The summed E-state index contributed by atoms with van der Waals surface area (Å²) in [7, 11) is 0. The van der Waals surface area contributed by atoms with Gasteiger partial charge in [0.25, 0.3) is 0 Å². The maximum absolute atomic E-state index is 12.8. The molecule has 0 bridgehead atoms. The van der Waals surface area contributed by atoms with Crippen LogP contribution in [0.15, 0.2) is 122 Å². The fraction of sp³-hybridized carbons (Fsp3) is 0.629. The first kappa shape index (κ1) is 63.8. The summed E-state index contributed by atoms with van der Waals surface area (Å²) in [5.41, 5.74) is 0. The molecule has 0 saturated carbocycles. The Morgan fingerprint density at radius 1 is 0.294 bits per heavy atom. The number of esters is 3. The van der Waals surface area contributed by atoms with E-state index in [9.17, 15) is 14.4 Å². The Labute approximate surface area is 418 Å². The molecule has 68 heavy (non-hydrogen) atoms. The third kappa shape index (κ3) is 52.8. The second-order valence-corrected chi connectivity index (χ2v) is 17.8. The summed E-state index contributed by atoms with van der Waals surface area (Å²) < 4.78 is 16.7.